The van der Waals surface area contributed by atoms with Crippen LogP contribution in [0.5, 0.6) is 0 Å². The van der Waals surface area contributed by atoms with Crippen LogP contribution in [-0.4, -0.2) is 0 Å². The molecule has 0 atom stereocenters. The Bertz CT molecular complexity index is 4230. The summed E-state index contributed by atoms with van der Waals surface area (Å²) in [5.74, 6) is 0. The van der Waals surface area contributed by atoms with Gasteiger partial charge in [0, 0.05) is 83.5 Å². The zero-order valence-electron chi connectivity index (χ0n) is 45.5. The van der Waals surface area contributed by atoms with Gasteiger partial charge in [0.2, 0.25) is 0 Å². The molecule has 0 spiro atoms. The lowest BCUT2D eigenvalue weighted by molar-refractivity contribution is 1.27. The molecule has 0 unspecified atom stereocenters. The van der Waals surface area contributed by atoms with Gasteiger partial charge >= 0.3 is 0 Å². The molecule has 15 aromatic rings. The largest absolute Gasteiger partial charge is 0.309 e. The molecule has 15 aromatic carbocycles. The molecule has 0 aliphatic heterocycles. The van der Waals surface area contributed by atoms with E-state index in [-0.39, 0.29) is 0 Å². The molecule has 0 fully saturated rings. The van der Waals surface area contributed by atoms with Crippen LogP contribution < -0.4 is 9.80 Å². The van der Waals surface area contributed by atoms with Crippen molar-refractivity contribution in [1.29, 1.82) is 0 Å². The van der Waals surface area contributed by atoms with E-state index in [0.717, 1.165) is 34.1 Å². The normalized spacial score (nSPS) is 11.5. The van der Waals surface area contributed by atoms with Gasteiger partial charge in [-0.1, -0.05) is 217 Å². The van der Waals surface area contributed by atoms with Gasteiger partial charge in [-0.2, -0.15) is 0 Å². The lowest BCUT2D eigenvalue weighted by Gasteiger charge is -2.35. The second kappa shape index (κ2) is 22.9. The standard InChI is InChI=1S/C78H52N2S4/c1-5-21-57(22-6-1)81-61-45-37-53(38-46-61)79(54-39-47-62(48-40-54)82-58-23-7-2-8-24-58)77-73-69-33-17-13-29-65(69)67-31-15-19-35-71(67)75(73)78(76-72-36-20-16-32-68(72)66-30-14-18-34-70(66)74(76)77)80(55-41-49-63(50-42-55)83-59-25-9-3-10-26-59)56-43-51-64(52-44-56)84-60-27-11-4-12-28-60/h1-52H. The first-order valence-electron chi connectivity index (χ1n) is 28.2. The molecule has 398 valence electrons. The van der Waals surface area contributed by atoms with Crippen LogP contribution in [0.1, 0.15) is 0 Å². The van der Waals surface area contributed by atoms with Crippen LogP contribution in [0.2, 0.25) is 0 Å². The number of hydrogen-bond acceptors (Lipinski definition) is 6. The molecule has 0 aromatic heterocycles. The van der Waals surface area contributed by atoms with E-state index in [2.05, 4.69) is 325 Å². The molecule has 0 heterocycles. The van der Waals surface area contributed by atoms with E-state index in [1.807, 2.05) is 0 Å². The fourth-order valence-corrected chi connectivity index (χ4v) is 15.3. The number of fused-ring (bicyclic) bond motifs is 12. The van der Waals surface area contributed by atoms with Crippen LogP contribution >= 0.6 is 47.0 Å². The van der Waals surface area contributed by atoms with Crippen molar-refractivity contribution in [2.45, 2.75) is 39.2 Å². The average Bonchev–Trinajstić information content (AvgIpc) is 1.60. The van der Waals surface area contributed by atoms with E-state index in [1.165, 1.54) is 104 Å². The topological polar surface area (TPSA) is 6.48 Å². The molecule has 0 N–H and O–H groups in total. The highest BCUT2D eigenvalue weighted by molar-refractivity contribution is 8.00. The van der Waals surface area contributed by atoms with Crippen molar-refractivity contribution < 1.29 is 0 Å². The third kappa shape index (κ3) is 9.91. The maximum absolute atomic E-state index is 2.57. The molecule has 15 rings (SSSR count). The number of anilines is 6. The summed E-state index contributed by atoms with van der Waals surface area (Å²) in [6.07, 6.45) is 0. The summed E-state index contributed by atoms with van der Waals surface area (Å²) in [5.41, 5.74) is 6.52. The summed E-state index contributed by atoms with van der Waals surface area (Å²) in [6.45, 7) is 0. The molecule has 0 saturated heterocycles. The van der Waals surface area contributed by atoms with E-state index in [9.17, 15) is 0 Å². The lowest BCUT2D eigenvalue weighted by Crippen LogP contribution is -2.15. The molecular formula is C78H52N2S4. The molecule has 0 saturated carbocycles. The molecule has 0 amide bonds. The van der Waals surface area contributed by atoms with Crippen LogP contribution in [-0.2, 0) is 0 Å². The number of hydrogen-bond donors (Lipinski definition) is 0. The van der Waals surface area contributed by atoms with E-state index in [0.29, 0.717) is 0 Å². The Hall–Kier alpha value is -9.14. The summed E-state index contributed by atoms with van der Waals surface area (Å²) in [7, 11) is 0. The summed E-state index contributed by atoms with van der Waals surface area (Å²) in [5, 5.41) is 14.3. The summed E-state index contributed by atoms with van der Waals surface area (Å²) < 4.78 is 0. The van der Waals surface area contributed by atoms with Gasteiger partial charge in [0.15, 0.2) is 0 Å². The maximum atomic E-state index is 2.57. The third-order valence-corrected chi connectivity index (χ3v) is 19.6. The third-order valence-electron chi connectivity index (χ3n) is 15.6. The number of rotatable bonds is 14. The number of nitrogens with zero attached hydrogens (tertiary/aromatic N) is 2. The van der Waals surface area contributed by atoms with Crippen molar-refractivity contribution in [3.05, 3.63) is 315 Å². The van der Waals surface area contributed by atoms with Gasteiger partial charge in [-0.25, -0.2) is 0 Å². The van der Waals surface area contributed by atoms with E-state index in [4.69, 9.17) is 0 Å². The molecule has 6 heteroatoms. The highest BCUT2D eigenvalue weighted by Crippen LogP contribution is 2.58. The lowest BCUT2D eigenvalue weighted by atomic mass is 9.84. The fraction of sp³-hybridized carbons (Fsp3) is 0. The minimum atomic E-state index is 1.07. The molecule has 0 aliphatic rings. The van der Waals surface area contributed by atoms with Gasteiger partial charge in [-0.05, 0) is 189 Å². The van der Waals surface area contributed by atoms with Crippen molar-refractivity contribution >= 4 is 146 Å². The predicted octanol–water partition coefficient (Wildman–Crippen LogP) is 24.2. The monoisotopic (exact) mass is 1140 g/mol. The predicted molar refractivity (Wildman–Crippen MR) is 363 cm³/mol. The molecule has 0 aliphatic carbocycles. The van der Waals surface area contributed by atoms with Gasteiger partial charge in [0.1, 0.15) is 0 Å². The molecule has 0 bridgehead atoms. The summed E-state index contributed by atoms with van der Waals surface area (Å²) in [4.78, 5) is 14.7. The second-order valence-corrected chi connectivity index (χ2v) is 25.3. The Balaban J connectivity index is 1.09. The SMILES string of the molecule is c1ccc(Sc2ccc(N(c3ccc(Sc4ccccc4)cc3)c3c4c5ccccc5c5ccccc5c4c(N(c4ccc(Sc5ccccc5)cc4)c4ccc(Sc5ccccc5)cc4)c4c5ccccc5c5ccccc5c34)cc2)cc1. The highest BCUT2D eigenvalue weighted by Gasteiger charge is 2.31. The quantitative estimate of drug-likeness (QED) is 0.0604. The Kier molecular flexibility index (Phi) is 14.1. The maximum Gasteiger partial charge on any atom is 0.0632 e. The highest BCUT2D eigenvalue weighted by atomic mass is 32.2. The Morgan fingerprint density at radius 3 is 0.524 bits per heavy atom. The van der Waals surface area contributed by atoms with Crippen molar-refractivity contribution in [3.63, 3.8) is 0 Å². The van der Waals surface area contributed by atoms with Crippen LogP contribution in [0.3, 0.4) is 0 Å². The van der Waals surface area contributed by atoms with Crippen molar-refractivity contribution in [2.24, 2.45) is 0 Å². The van der Waals surface area contributed by atoms with E-state index < -0.39 is 0 Å². The molecule has 0 radical (unpaired) electrons. The van der Waals surface area contributed by atoms with Gasteiger partial charge in [-0.3, -0.25) is 0 Å². The van der Waals surface area contributed by atoms with Gasteiger partial charge in [-0.15, -0.1) is 0 Å². The van der Waals surface area contributed by atoms with Gasteiger partial charge in [0.05, 0.1) is 11.4 Å². The first kappa shape index (κ1) is 51.7. The molecule has 2 nitrogen and oxygen atoms in total. The smallest absolute Gasteiger partial charge is 0.0632 e. The summed E-state index contributed by atoms with van der Waals surface area (Å²) in [6, 6.07) is 116. The first-order valence-corrected chi connectivity index (χ1v) is 31.5. The van der Waals surface area contributed by atoms with Crippen LogP contribution in [0.15, 0.2) is 355 Å². The molecular weight excluding hydrogens is 1090 g/mol. The van der Waals surface area contributed by atoms with Crippen LogP contribution in [0.25, 0.3) is 64.6 Å². The first-order chi connectivity index (χ1) is 41.7. The van der Waals surface area contributed by atoms with Crippen molar-refractivity contribution in [2.75, 3.05) is 9.80 Å². The van der Waals surface area contributed by atoms with Crippen molar-refractivity contribution in [1.82, 2.24) is 0 Å². The minimum absolute atomic E-state index is 1.07. The van der Waals surface area contributed by atoms with Crippen LogP contribution in [0.4, 0.5) is 34.1 Å². The zero-order chi connectivity index (χ0) is 55.8. The minimum Gasteiger partial charge on any atom is -0.309 e. The van der Waals surface area contributed by atoms with Crippen molar-refractivity contribution in [3.8, 4) is 0 Å². The van der Waals surface area contributed by atoms with E-state index in [1.54, 1.807) is 47.0 Å². The average molecular weight is 1150 g/mol. The number of benzene rings is 15. The Morgan fingerprint density at radius 2 is 0.321 bits per heavy atom. The zero-order valence-corrected chi connectivity index (χ0v) is 48.8. The second-order valence-electron chi connectivity index (χ2n) is 20.7. The Labute approximate surface area is 506 Å². The Morgan fingerprint density at radius 1 is 0.155 bits per heavy atom. The van der Waals surface area contributed by atoms with Crippen LogP contribution in [0, 0.1) is 0 Å². The summed E-state index contributed by atoms with van der Waals surface area (Å²) >= 11 is 7.15. The molecule has 84 heavy (non-hydrogen) atoms. The van der Waals surface area contributed by atoms with Gasteiger partial charge in [0.25, 0.3) is 0 Å². The fourth-order valence-electron chi connectivity index (χ4n) is 11.9. The van der Waals surface area contributed by atoms with E-state index >= 15 is 0 Å². The van der Waals surface area contributed by atoms with Gasteiger partial charge < -0.3 is 9.80 Å².